The molecule has 1 fully saturated rings. The molecule has 1 amide bonds. The molecule has 7 unspecified atom stereocenters. The number of allylic oxidation sites excluding steroid dienone is 15. The van der Waals surface area contributed by atoms with Crippen LogP contribution in [0.15, 0.2) is 97.2 Å². The number of rotatable bonds is 53. The van der Waals surface area contributed by atoms with Crippen LogP contribution in [0.4, 0.5) is 0 Å². The van der Waals surface area contributed by atoms with Crippen LogP contribution >= 0.6 is 0 Å². The minimum absolute atomic E-state index is 0.178. The van der Waals surface area contributed by atoms with Crippen molar-refractivity contribution in [3.63, 3.8) is 0 Å². The lowest BCUT2D eigenvalue weighted by Crippen LogP contribution is -2.60. The van der Waals surface area contributed by atoms with Gasteiger partial charge in [-0.3, -0.25) is 4.79 Å². The number of unbranched alkanes of at least 4 members (excludes halogenated alkanes) is 29. The van der Waals surface area contributed by atoms with Crippen molar-refractivity contribution in [3.05, 3.63) is 97.2 Å². The number of aliphatic hydroxyl groups excluding tert-OH is 5. The summed E-state index contributed by atoms with van der Waals surface area (Å²) < 4.78 is 11.3. The predicted molar refractivity (Wildman–Crippen MR) is 322 cm³/mol. The monoisotopic (exact) mass is 1060 g/mol. The molecule has 0 saturated carbocycles. The molecule has 76 heavy (non-hydrogen) atoms. The third kappa shape index (κ3) is 44.0. The van der Waals surface area contributed by atoms with Crippen LogP contribution in [-0.4, -0.2) is 87.5 Å². The fraction of sp³-hybridized carbons (Fsp3) is 0.746. The molecule has 7 atom stereocenters. The van der Waals surface area contributed by atoms with E-state index in [0.29, 0.717) is 6.42 Å². The highest BCUT2D eigenvalue weighted by Gasteiger charge is 2.44. The smallest absolute Gasteiger partial charge is 0.220 e. The summed E-state index contributed by atoms with van der Waals surface area (Å²) in [6.45, 7) is 3.67. The van der Waals surface area contributed by atoms with Crippen molar-refractivity contribution in [2.75, 3.05) is 13.2 Å². The zero-order valence-electron chi connectivity index (χ0n) is 48.7. The fourth-order valence-electron chi connectivity index (χ4n) is 9.49. The zero-order valence-corrected chi connectivity index (χ0v) is 48.7. The molecular formula is C67H117NO8. The second kappa shape index (κ2) is 55.4. The van der Waals surface area contributed by atoms with Gasteiger partial charge in [0.15, 0.2) is 6.29 Å². The third-order valence-electron chi connectivity index (χ3n) is 14.4. The molecule has 9 heteroatoms. The second-order valence-electron chi connectivity index (χ2n) is 21.5. The summed E-state index contributed by atoms with van der Waals surface area (Å²) in [6, 6.07) is -0.809. The van der Waals surface area contributed by atoms with Gasteiger partial charge in [-0.1, -0.05) is 278 Å². The quantitative estimate of drug-likeness (QED) is 0.0261. The van der Waals surface area contributed by atoms with Crippen molar-refractivity contribution in [1.29, 1.82) is 0 Å². The van der Waals surface area contributed by atoms with Crippen LogP contribution in [0.3, 0.4) is 0 Å². The van der Waals surface area contributed by atoms with E-state index in [1.807, 2.05) is 6.08 Å². The SMILES string of the molecule is CC/C=C\C/C=C\C/C=C\C/C=C\C/C=C\C/C=C\C/C=C\CCCCCCCCCCCCCCCCCC(=O)NC(COC1OC(CO)C(O)C(O)C1O)C(O)/C=C/CCCCCCCCCCCCCCCC. The Morgan fingerprint density at radius 1 is 0.461 bits per heavy atom. The Labute approximate surface area is 466 Å². The van der Waals surface area contributed by atoms with Crippen molar-refractivity contribution in [2.24, 2.45) is 0 Å². The molecule has 0 aromatic carbocycles. The summed E-state index contributed by atoms with van der Waals surface area (Å²) in [5, 5.41) is 54.6. The highest BCUT2D eigenvalue weighted by atomic mass is 16.7. The van der Waals surface area contributed by atoms with Crippen LogP contribution in [0.1, 0.15) is 264 Å². The number of amides is 1. The van der Waals surface area contributed by atoms with E-state index >= 15 is 0 Å². The number of hydrogen-bond donors (Lipinski definition) is 6. The van der Waals surface area contributed by atoms with Gasteiger partial charge < -0.3 is 40.3 Å². The van der Waals surface area contributed by atoms with Crippen LogP contribution < -0.4 is 5.32 Å². The molecular weight excluding hydrogens is 947 g/mol. The van der Waals surface area contributed by atoms with Gasteiger partial charge >= 0.3 is 0 Å². The number of aliphatic hydroxyl groups is 5. The van der Waals surface area contributed by atoms with Crippen molar-refractivity contribution < 1.29 is 39.8 Å². The van der Waals surface area contributed by atoms with E-state index in [1.165, 1.54) is 161 Å². The van der Waals surface area contributed by atoms with E-state index < -0.39 is 49.5 Å². The number of hydrogen-bond acceptors (Lipinski definition) is 8. The lowest BCUT2D eigenvalue weighted by atomic mass is 9.99. The Morgan fingerprint density at radius 2 is 0.816 bits per heavy atom. The Kier molecular flexibility index (Phi) is 51.9. The van der Waals surface area contributed by atoms with Gasteiger partial charge in [0, 0.05) is 6.42 Å². The first-order chi connectivity index (χ1) is 37.3. The Bertz CT molecular complexity index is 1510. The summed E-state index contributed by atoms with van der Waals surface area (Å²) in [5.74, 6) is -0.178. The lowest BCUT2D eigenvalue weighted by molar-refractivity contribution is -0.302. The maximum Gasteiger partial charge on any atom is 0.220 e. The molecule has 0 aliphatic carbocycles. The summed E-state index contributed by atoms with van der Waals surface area (Å²) in [5.41, 5.74) is 0. The van der Waals surface area contributed by atoms with E-state index in [9.17, 15) is 30.3 Å². The van der Waals surface area contributed by atoms with E-state index in [4.69, 9.17) is 9.47 Å². The molecule has 1 heterocycles. The number of carbonyl (C=O) groups is 1. The number of nitrogens with one attached hydrogen (secondary N) is 1. The molecule has 9 nitrogen and oxygen atoms in total. The summed E-state index contributed by atoms with van der Waals surface area (Å²) in [6.07, 6.45) is 73.4. The van der Waals surface area contributed by atoms with Gasteiger partial charge in [0.2, 0.25) is 5.91 Å². The molecule has 1 rings (SSSR count). The van der Waals surface area contributed by atoms with E-state index in [0.717, 1.165) is 83.5 Å². The maximum atomic E-state index is 13.1. The topological polar surface area (TPSA) is 149 Å². The summed E-state index contributed by atoms with van der Waals surface area (Å²) >= 11 is 0. The minimum atomic E-state index is -1.57. The Morgan fingerprint density at radius 3 is 1.21 bits per heavy atom. The molecule has 0 radical (unpaired) electrons. The summed E-state index contributed by atoms with van der Waals surface area (Å²) in [4.78, 5) is 13.1. The van der Waals surface area contributed by atoms with Crippen LogP contribution in [0.25, 0.3) is 0 Å². The molecule has 0 aromatic heterocycles. The van der Waals surface area contributed by atoms with Crippen molar-refractivity contribution in [1.82, 2.24) is 5.32 Å². The van der Waals surface area contributed by atoms with Crippen LogP contribution in [-0.2, 0) is 14.3 Å². The fourth-order valence-corrected chi connectivity index (χ4v) is 9.49. The molecule has 1 saturated heterocycles. The van der Waals surface area contributed by atoms with Crippen molar-refractivity contribution >= 4 is 5.91 Å². The molecule has 0 aromatic rings. The molecule has 438 valence electrons. The Hall–Kier alpha value is -2.89. The molecule has 1 aliphatic rings. The van der Waals surface area contributed by atoms with E-state index in [1.54, 1.807) is 6.08 Å². The van der Waals surface area contributed by atoms with Crippen molar-refractivity contribution in [2.45, 2.75) is 307 Å². The first-order valence-corrected chi connectivity index (χ1v) is 31.5. The van der Waals surface area contributed by atoms with Crippen LogP contribution in [0.2, 0.25) is 0 Å². The Balaban J connectivity index is 2.13. The second-order valence-corrected chi connectivity index (χ2v) is 21.5. The largest absolute Gasteiger partial charge is 0.394 e. The van der Waals surface area contributed by atoms with Gasteiger partial charge in [0.1, 0.15) is 24.4 Å². The summed E-state index contributed by atoms with van der Waals surface area (Å²) in [7, 11) is 0. The lowest BCUT2D eigenvalue weighted by Gasteiger charge is -2.40. The highest BCUT2D eigenvalue weighted by Crippen LogP contribution is 2.23. The van der Waals surface area contributed by atoms with Gasteiger partial charge in [0.05, 0.1) is 25.4 Å². The number of ether oxygens (including phenoxy) is 2. The van der Waals surface area contributed by atoms with E-state index in [-0.39, 0.29) is 12.5 Å². The van der Waals surface area contributed by atoms with Crippen LogP contribution in [0, 0.1) is 0 Å². The number of carbonyl (C=O) groups excluding carboxylic acids is 1. The zero-order chi connectivity index (χ0) is 55.0. The van der Waals surface area contributed by atoms with Gasteiger partial charge in [-0.25, -0.2) is 0 Å². The third-order valence-corrected chi connectivity index (χ3v) is 14.4. The molecule has 0 spiro atoms. The normalized spacial score (nSPS) is 19.5. The van der Waals surface area contributed by atoms with Crippen LogP contribution in [0.5, 0.6) is 0 Å². The molecule has 6 N–H and O–H groups in total. The maximum absolute atomic E-state index is 13.1. The first kappa shape index (κ1) is 71.1. The van der Waals surface area contributed by atoms with Gasteiger partial charge in [-0.2, -0.15) is 0 Å². The first-order valence-electron chi connectivity index (χ1n) is 31.5. The van der Waals surface area contributed by atoms with Gasteiger partial charge in [-0.05, 0) is 77.0 Å². The highest BCUT2D eigenvalue weighted by molar-refractivity contribution is 5.76. The average Bonchev–Trinajstić information content (AvgIpc) is 3.42. The minimum Gasteiger partial charge on any atom is -0.394 e. The van der Waals surface area contributed by atoms with Crippen molar-refractivity contribution in [3.8, 4) is 0 Å². The van der Waals surface area contributed by atoms with Gasteiger partial charge in [0.25, 0.3) is 0 Å². The van der Waals surface area contributed by atoms with E-state index in [2.05, 4.69) is 104 Å². The standard InChI is InChI=1S/C67H117NO8/c1-3-5-7-9-11-13-15-17-19-21-22-23-24-25-26-27-28-29-30-31-32-33-34-35-36-37-38-39-40-41-43-45-47-49-51-53-55-57-63(71)68-60(59-75-67-66(74)65(73)64(72)62(58-69)76-67)61(70)56-54-52-50-48-46-44-42-20-18-16-14-12-10-8-6-4-2/h5,7,11,13,17,19,22-23,25-26,28-29,31-32,54,56,60-62,64-67,69-70,72-74H,3-4,6,8-10,12,14-16,18,20-21,24,27,30,33-53,55,57-59H2,1-2H3,(H,68,71)/b7-5-,13-11-,19-17-,23-22-,26-25-,29-28-,32-31-,56-54+. The van der Waals surface area contributed by atoms with Gasteiger partial charge in [-0.15, -0.1) is 0 Å². The predicted octanol–water partition coefficient (Wildman–Crippen LogP) is 16.4. The molecule has 1 aliphatic heterocycles. The molecule has 0 bridgehead atoms. The average molecular weight is 1060 g/mol.